The van der Waals surface area contributed by atoms with Crippen LogP contribution in [0.5, 0.6) is 0 Å². The largest absolute Gasteiger partial charge is 0.377 e. The summed E-state index contributed by atoms with van der Waals surface area (Å²) in [6.45, 7) is 6.35. The molecule has 2 rings (SSSR count). The molecule has 0 spiro atoms. The summed E-state index contributed by atoms with van der Waals surface area (Å²) in [5.74, 6) is 0. The Bertz CT molecular complexity index is 492. The van der Waals surface area contributed by atoms with Gasteiger partial charge in [-0.1, -0.05) is 18.2 Å². The second kappa shape index (κ2) is 5.00. The van der Waals surface area contributed by atoms with Gasteiger partial charge in [0.2, 0.25) is 0 Å². The van der Waals surface area contributed by atoms with Gasteiger partial charge in [0.05, 0.1) is 11.7 Å². The minimum Gasteiger partial charge on any atom is -0.377 e. The molecule has 0 fully saturated rings. The molecule has 1 aromatic heterocycles. The molecular formula is C15H18N2. The Morgan fingerprint density at radius 1 is 1.12 bits per heavy atom. The van der Waals surface area contributed by atoms with Crippen LogP contribution in [0.3, 0.4) is 0 Å². The summed E-state index contributed by atoms with van der Waals surface area (Å²) in [6.07, 6.45) is 1.83. The van der Waals surface area contributed by atoms with Gasteiger partial charge in [0.15, 0.2) is 0 Å². The molecule has 1 aromatic carbocycles. The second-order valence-corrected chi connectivity index (χ2v) is 4.44. The lowest BCUT2D eigenvalue weighted by Gasteiger charge is -2.17. The number of anilines is 1. The van der Waals surface area contributed by atoms with Crippen LogP contribution in [0, 0.1) is 13.8 Å². The molecule has 2 aromatic rings. The van der Waals surface area contributed by atoms with E-state index in [-0.39, 0.29) is 6.04 Å². The molecule has 2 nitrogen and oxygen atoms in total. The first-order valence-corrected chi connectivity index (χ1v) is 5.91. The maximum absolute atomic E-state index is 4.36. The Labute approximate surface area is 103 Å². The van der Waals surface area contributed by atoms with E-state index < -0.39 is 0 Å². The third kappa shape index (κ3) is 2.84. The Morgan fingerprint density at radius 3 is 2.65 bits per heavy atom. The Morgan fingerprint density at radius 2 is 1.94 bits per heavy atom. The van der Waals surface area contributed by atoms with Crippen molar-refractivity contribution in [3.63, 3.8) is 0 Å². The number of benzene rings is 1. The average Bonchev–Trinajstić information content (AvgIpc) is 2.35. The van der Waals surface area contributed by atoms with Gasteiger partial charge in [-0.25, -0.2) is 0 Å². The number of rotatable bonds is 3. The summed E-state index contributed by atoms with van der Waals surface area (Å²) in [7, 11) is 0. The van der Waals surface area contributed by atoms with Gasteiger partial charge >= 0.3 is 0 Å². The minimum atomic E-state index is 0.219. The lowest BCUT2D eigenvalue weighted by Crippen LogP contribution is -2.09. The molecule has 0 bridgehead atoms. The normalized spacial score (nSPS) is 12.2. The SMILES string of the molecule is Cc1ccc(C)c(NC(C)c2ccccn2)c1. The molecule has 0 amide bonds. The zero-order valence-electron chi connectivity index (χ0n) is 10.6. The Balaban J connectivity index is 2.18. The van der Waals surface area contributed by atoms with Gasteiger partial charge in [-0.05, 0) is 50.1 Å². The first kappa shape index (κ1) is 11.6. The molecule has 1 N–H and O–H groups in total. The number of hydrogen-bond acceptors (Lipinski definition) is 2. The van der Waals surface area contributed by atoms with E-state index in [2.05, 4.69) is 49.3 Å². The highest BCUT2D eigenvalue weighted by Crippen LogP contribution is 2.21. The van der Waals surface area contributed by atoms with E-state index in [1.54, 1.807) is 0 Å². The van der Waals surface area contributed by atoms with Crippen molar-refractivity contribution in [2.45, 2.75) is 26.8 Å². The standard InChI is InChI=1S/C15H18N2/c1-11-7-8-12(2)15(10-11)17-13(3)14-6-4-5-9-16-14/h4-10,13,17H,1-3H3. The lowest BCUT2D eigenvalue weighted by atomic mass is 10.1. The van der Waals surface area contributed by atoms with Crippen molar-refractivity contribution in [1.82, 2.24) is 4.98 Å². The molecule has 0 radical (unpaired) electrons. The summed E-state index contributed by atoms with van der Waals surface area (Å²) in [4.78, 5) is 4.36. The van der Waals surface area contributed by atoms with Gasteiger partial charge in [0.25, 0.3) is 0 Å². The molecule has 2 heteroatoms. The van der Waals surface area contributed by atoms with E-state index in [1.807, 2.05) is 24.4 Å². The number of aromatic nitrogens is 1. The van der Waals surface area contributed by atoms with E-state index in [0.717, 1.165) is 5.69 Å². The van der Waals surface area contributed by atoms with Gasteiger partial charge in [-0.3, -0.25) is 4.98 Å². The zero-order valence-corrected chi connectivity index (χ0v) is 10.6. The van der Waals surface area contributed by atoms with Crippen LogP contribution in [0.4, 0.5) is 5.69 Å². The van der Waals surface area contributed by atoms with Crippen molar-refractivity contribution in [1.29, 1.82) is 0 Å². The summed E-state index contributed by atoms with van der Waals surface area (Å²) < 4.78 is 0. The number of nitrogens with zero attached hydrogens (tertiary/aromatic N) is 1. The van der Waals surface area contributed by atoms with Crippen LogP contribution in [-0.2, 0) is 0 Å². The zero-order chi connectivity index (χ0) is 12.3. The van der Waals surface area contributed by atoms with Crippen LogP contribution in [0.2, 0.25) is 0 Å². The van der Waals surface area contributed by atoms with Crippen molar-refractivity contribution >= 4 is 5.69 Å². The second-order valence-electron chi connectivity index (χ2n) is 4.44. The Kier molecular flexibility index (Phi) is 3.43. The monoisotopic (exact) mass is 226 g/mol. The van der Waals surface area contributed by atoms with Gasteiger partial charge in [-0.2, -0.15) is 0 Å². The molecule has 1 atom stereocenters. The summed E-state index contributed by atoms with van der Waals surface area (Å²) in [6, 6.07) is 12.7. The van der Waals surface area contributed by atoms with Crippen molar-refractivity contribution in [3.8, 4) is 0 Å². The molecule has 0 saturated carbocycles. The van der Waals surface area contributed by atoms with Crippen molar-refractivity contribution < 1.29 is 0 Å². The first-order valence-electron chi connectivity index (χ1n) is 5.91. The third-order valence-corrected chi connectivity index (χ3v) is 2.90. The quantitative estimate of drug-likeness (QED) is 0.859. The third-order valence-electron chi connectivity index (χ3n) is 2.90. The van der Waals surface area contributed by atoms with Crippen LogP contribution in [0.1, 0.15) is 29.8 Å². The molecule has 0 aliphatic rings. The number of nitrogens with one attached hydrogen (secondary N) is 1. The van der Waals surface area contributed by atoms with Crippen LogP contribution < -0.4 is 5.32 Å². The predicted octanol–water partition coefficient (Wildman–Crippen LogP) is 3.87. The number of aryl methyl sites for hydroxylation is 2. The fourth-order valence-electron chi connectivity index (χ4n) is 1.83. The minimum absolute atomic E-state index is 0.219. The number of hydrogen-bond donors (Lipinski definition) is 1. The van der Waals surface area contributed by atoms with Crippen LogP contribution in [0.15, 0.2) is 42.6 Å². The first-order chi connectivity index (χ1) is 8.16. The fourth-order valence-corrected chi connectivity index (χ4v) is 1.83. The average molecular weight is 226 g/mol. The maximum atomic E-state index is 4.36. The Hall–Kier alpha value is -1.83. The van der Waals surface area contributed by atoms with Crippen molar-refractivity contribution in [2.75, 3.05) is 5.32 Å². The van der Waals surface area contributed by atoms with Crippen molar-refractivity contribution in [2.24, 2.45) is 0 Å². The van der Waals surface area contributed by atoms with E-state index >= 15 is 0 Å². The van der Waals surface area contributed by atoms with Crippen LogP contribution >= 0.6 is 0 Å². The van der Waals surface area contributed by atoms with Gasteiger partial charge < -0.3 is 5.32 Å². The highest BCUT2D eigenvalue weighted by atomic mass is 14.9. The van der Waals surface area contributed by atoms with E-state index in [4.69, 9.17) is 0 Å². The number of pyridine rings is 1. The smallest absolute Gasteiger partial charge is 0.0657 e. The lowest BCUT2D eigenvalue weighted by molar-refractivity contribution is 0.837. The molecule has 88 valence electrons. The molecule has 1 unspecified atom stereocenters. The summed E-state index contributed by atoms with van der Waals surface area (Å²) in [5, 5.41) is 3.50. The van der Waals surface area contributed by atoms with Gasteiger partial charge in [0, 0.05) is 11.9 Å². The molecule has 1 heterocycles. The molecule has 0 aliphatic heterocycles. The molecule has 0 saturated heterocycles. The highest BCUT2D eigenvalue weighted by Gasteiger charge is 2.07. The van der Waals surface area contributed by atoms with Gasteiger partial charge in [0.1, 0.15) is 0 Å². The van der Waals surface area contributed by atoms with Crippen molar-refractivity contribution in [3.05, 3.63) is 59.4 Å². The highest BCUT2D eigenvalue weighted by molar-refractivity contribution is 5.53. The predicted molar refractivity (Wildman–Crippen MR) is 72.2 cm³/mol. The maximum Gasteiger partial charge on any atom is 0.0657 e. The summed E-state index contributed by atoms with van der Waals surface area (Å²) >= 11 is 0. The molecule has 17 heavy (non-hydrogen) atoms. The van der Waals surface area contributed by atoms with Crippen LogP contribution in [0.25, 0.3) is 0 Å². The van der Waals surface area contributed by atoms with Crippen LogP contribution in [-0.4, -0.2) is 4.98 Å². The van der Waals surface area contributed by atoms with Gasteiger partial charge in [-0.15, -0.1) is 0 Å². The topological polar surface area (TPSA) is 24.9 Å². The summed E-state index contributed by atoms with van der Waals surface area (Å²) in [5.41, 5.74) is 4.78. The van der Waals surface area contributed by atoms with E-state index in [1.165, 1.54) is 16.8 Å². The fraction of sp³-hybridized carbons (Fsp3) is 0.267. The van der Waals surface area contributed by atoms with E-state index in [9.17, 15) is 0 Å². The molecular weight excluding hydrogens is 208 g/mol. The molecule has 0 aliphatic carbocycles. The van der Waals surface area contributed by atoms with E-state index in [0.29, 0.717) is 0 Å².